The molecule has 1 rings (SSSR count). The molecule has 0 aliphatic rings. The molecule has 1 atom stereocenters. The molecule has 0 saturated carbocycles. The molecular weight excluding hydrogens is 268 g/mol. The number of carbonyl (C=O) groups excluding carboxylic acids is 1. The van der Waals surface area contributed by atoms with Crippen molar-refractivity contribution in [3.63, 3.8) is 0 Å². The van der Waals surface area contributed by atoms with Crippen molar-refractivity contribution in [1.29, 1.82) is 0 Å². The number of carbonyl (C=O) groups is 1. The number of nitrogens with one attached hydrogen (secondary N) is 1. The molecule has 2 N–H and O–H groups in total. The van der Waals surface area contributed by atoms with Gasteiger partial charge in [0.1, 0.15) is 5.75 Å². The number of methoxy groups -OCH3 is 1. The number of amides is 1. The molecule has 0 aromatic heterocycles. The second-order valence-corrected chi connectivity index (χ2v) is 5.86. The largest absolute Gasteiger partial charge is 0.497 e. The summed E-state index contributed by atoms with van der Waals surface area (Å²) in [6.07, 6.45) is 1.08. The molecule has 0 aliphatic carbocycles. The lowest BCUT2D eigenvalue weighted by Gasteiger charge is -2.27. The Hall–Kier alpha value is -1.59. The van der Waals surface area contributed by atoms with Crippen molar-refractivity contribution >= 4 is 5.91 Å². The molecule has 5 heteroatoms. The van der Waals surface area contributed by atoms with Crippen LogP contribution in [0.1, 0.15) is 18.9 Å². The van der Waals surface area contributed by atoms with Crippen LogP contribution in [0.5, 0.6) is 5.75 Å². The van der Waals surface area contributed by atoms with E-state index in [0.717, 1.165) is 11.3 Å². The normalized spacial score (nSPS) is 13.8. The van der Waals surface area contributed by atoms with Gasteiger partial charge in [-0.15, -0.1) is 0 Å². The maximum absolute atomic E-state index is 11.8. The van der Waals surface area contributed by atoms with Crippen molar-refractivity contribution in [3.8, 4) is 5.75 Å². The van der Waals surface area contributed by atoms with Gasteiger partial charge in [0.2, 0.25) is 5.91 Å². The van der Waals surface area contributed by atoms with Crippen molar-refractivity contribution in [2.75, 3.05) is 34.3 Å². The highest BCUT2D eigenvalue weighted by Gasteiger charge is 2.21. The standard InChI is InChI=1S/C16H26N2O3/c1-16(20,12-18(2)3)11-17-15(19)10-7-13-5-8-14(21-4)9-6-13/h5-6,8-9,20H,7,10-12H2,1-4H3,(H,17,19). The zero-order valence-corrected chi connectivity index (χ0v) is 13.3. The summed E-state index contributed by atoms with van der Waals surface area (Å²) in [5, 5.41) is 12.9. The van der Waals surface area contributed by atoms with E-state index in [4.69, 9.17) is 4.74 Å². The Bertz CT molecular complexity index is 441. The highest BCUT2D eigenvalue weighted by molar-refractivity contribution is 5.76. The summed E-state index contributed by atoms with van der Waals surface area (Å²) in [6, 6.07) is 7.67. The van der Waals surface area contributed by atoms with Crippen LogP contribution in [0, 0.1) is 0 Å². The van der Waals surface area contributed by atoms with Crippen LogP contribution in [0.2, 0.25) is 0 Å². The van der Waals surface area contributed by atoms with Gasteiger partial charge in [-0.2, -0.15) is 0 Å². The minimum absolute atomic E-state index is 0.0511. The fraction of sp³-hybridized carbons (Fsp3) is 0.562. The average Bonchev–Trinajstić information content (AvgIpc) is 2.42. The Balaban J connectivity index is 2.33. The second kappa shape index (κ2) is 8.00. The van der Waals surface area contributed by atoms with E-state index in [1.54, 1.807) is 14.0 Å². The van der Waals surface area contributed by atoms with Crippen molar-refractivity contribution in [2.45, 2.75) is 25.4 Å². The quantitative estimate of drug-likeness (QED) is 0.752. The first-order chi connectivity index (χ1) is 9.82. The molecule has 21 heavy (non-hydrogen) atoms. The molecule has 0 saturated heterocycles. The summed E-state index contributed by atoms with van der Waals surface area (Å²) in [5.74, 6) is 0.757. The van der Waals surface area contributed by atoms with Gasteiger partial charge in [-0.05, 0) is 45.1 Å². The number of hydrogen-bond donors (Lipinski definition) is 2. The predicted molar refractivity (Wildman–Crippen MR) is 83.5 cm³/mol. The molecule has 1 aromatic rings. The van der Waals surface area contributed by atoms with Crippen molar-refractivity contribution in [2.24, 2.45) is 0 Å². The van der Waals surface area contributed by atoms with Crippen LogP contribution >= 0.6 is 0 Å². The van der Waals surface area contributed by atoms with Gasteiger partial charge < -0.3 is 20.1 Å². The van der Waals surface area contributed by atoms with E-state index < -0.39 is 5.60 Å². The maximum atomic E-state index is 11.8. The minimum Gasteiger partial charge on any atom is -0.497 e. The summed E-state index contributed by atoms with van der Waals surface area (Å²) in [7, 11) is 5.40. The average molecular weight is 294 g/mol. The number of benzene rings is 1. The van der Waals surface area contributed by atoms with Crippen LogP contribution in [0.25, 0.3) is 0 Å². The molecule has 0 radical (unpaired) electrons. The first kappa shape index (κ1) is 17.5. The fourth-order valence-electron chi connectivity index (χ4n) is 2.16. The van der Waals surface area contributed by atoms with Crippen LogP contribution in [0.3, 0.4) is 0 Å². The number of ether oxygens (including phenoxy) is 1. The van der Waals surface area contributed by atoms with Crippen molar-refractivity contribution < 1.29 is 14.6 Å². The summed E-state index contributed by atoms with van der Waals surface area (Å²) in [4.78, 5) is 13.7. The van der Waals surface area contributed by atoms with Gasteiger partial charge in [-0.25, -0.2) is 0 Å². The molecule has 0 fully saturated rings. The summed E-state index contributed by atoms with van der Waals surface area (Å²) in [6.45, 7) is 2.48. The monoisotopic (exact) mass is 294 g/mol. The van der Waals surface area contributed by atoms with Crippen molar-refractivity contribution in [3.05, 3.63) is 29.8 Å². The fourth-order valence-corrected chi connectivity index (χ4v) is 2.16. The van der Waals surface area contributed by atoms with Gasteiger partial charge in [-0.1, -0.05) is 12.1 Å². The summed E-state index contributed by atoms with van der Waals surface area (Å²) < 4.78 is 5.09. The third kappa shape index (κ3) is 7.11. The Morgan fingerprint density at radius 3 is 2.48 bits per heavy atom. The van der Waals surface area contributed by atoms with Gasteiger partial charge in [-0.3, -0.25) is 4.79 Å². The van der Waals surface area contributed by atoms with E-state index >= 15 is 0 Å². The molecule has 1 amide bonds. The van der Waals surface area contributed by atoms with Gasteiger partial charge in [0.25, 0.3) is 0 Å². The first-order valence-corrected chi connectivity index (χ1v) is 7.09. The minimum atomic E-state index is -0.917. The van der Waals surface area contributed by atoms with E-state index in [1.165, 1.54) is 0 Å². The van der Waals surface area contributed by atoms with E-state index in [0.29, 0.717) is 19.4 Å². The Morgan fingerprint density at radius 2 is 1.95 bits per heavy atom. The van der Waals surface area contributed by atoms with Gasteiger partial charge in [0, 0.05) is 19.5 Å². The Morgan fingerprint density at radius 1 is 1.33 bits per heavy atom. The molecule has 1 aromatic carbocycles. The van der Waals surface area contributed by atoms with Crippen LogP contribution < -0.4 is 10.1 Å². The topological polar surface area (TPSA) is 61.8 Å². The van der Waals surface area contributed by atoms with Crippen LogP contribution in [-0.2, 0) is 11.2 Å². The van der Waals surface area contributed by atoms with E-state index in [-0.39, 0.29) is 12.5 Å². The lowest BCUT2D eigenvalue weighted by Crippen LogP contribution is -2.47. The Labute approximate surface area is 126 Å². The lowest BCUT2D eigenvalue weighted by atomic mass is 10.1. The van der Waals surface area contributed by atoms with Crippen LogP contribution in [0.15, 0.2) is 24.3 Å². The SMILES string of the molecule is COc1ccc(CCC(=O)NCC(C)(O)CN(C)C)cc1. The maximum Gasteiger partial charge on any atom is 0.220 e. The van der Waals surface area contributed by atoms with Gasteiger partial charge in [0.15, 0.2) is 0 Å². The number of nitrogens with zero attached hydrogens (tertiary/aromatic N) is 1. The molecular formula is C16H26N2O3. The van der Waals surface area contributed by atoms with Gasteiger partial charge in [0.05, 0.1) is 12.7 Å². The first-order valence-electron chi connectivity index (χ1n) is 7.09. The third-order valence-corrected chi connectivity index (χ3v) is 3.12. The highest BCUT2D eigenvalue weighted by Crippen LogP contribution is 2.12. The number of aliphatic hydroxyl groups is 1. The Kier molecular flexibility index (Phi) is 6.65. The number of likely N-dealkylation sites (N-methyl/N-ethyl adjacent to an activating group) is 1. The lowest BCUT2D eigenvalue weighted by molar-refractivity contribution is -0.122. The van der Waals surface area contributed by atoms with E-state index in [2.05, 4.69) is 5.32 Å². The van der Waals surface area contributed by atoms with E-state index in [9.17, 15) is 9.90 Å². The van der Waals surface area contributed by atoms with Crippen LogP contribution in [0.4, 0.5) is 0 Å². The summed E-state index contributed by atoms with van der Waals surface area (Å²) >= 11 is 0. The smallest absolute Gasteiger partial charge is 0.220 e. The number of hydrogen-bond acceptors (Lipinski definition) is 4. The molecule has 1 unspecified atom stereocenters. The second-order valence-electron chi connectivity index (χ2n) is 5.86. The molecule has 0 heterocycles. The number of rotatable bonds is 8. The molecule has 0 aliphatic heterocycles. The number of aryl methyl sites for hydroxylation is 1. The predicted octanol–water partition coefficient (Wildman–Crippen LogP) is 1.06. The molecule has 0 spiro atoms. The molecule has 0 bridgehead atoms. The zero-order chi connectivity index (χ0) is 15.9. The zero-order valence-electron chi connectivity index (χ0n) is 13.3. The third-order valence-electron chi connectivity index (χ3n) is 3.12. The molecule has 5 nitrogen and oxygen atoms in total. The van der Waals surface area contributed by atoms with Gasteiger partial charge >= 0.3 is 0 Å². The highest BCUT2D eigenvalue weighted by atomic mass is 16.5. The van der Waals surface area contributed by atoms with Crippen molar-refractivity contribution in [1.82, 2.24) is 10.2 Å². The van der Waals surface area contributed by atoms with E-state index in [1.807, 2.05) is 43.3 Å². The van der Waals surface area contributed by atoms with Crippen LogP contribution in [-0.4, -0.2) is 55.8 Å². The molecule has 118 valence electrons. The summed E-state index contributed by atoms with van der Waals surface area (Å²) in [5.41, 5.74) is 0.172.